The minimum Gasteiger partial charge on any atom is -0.486 e. The summed E-state index contributed by atoms with van der Waals surface area (Å²) in [6, 6.07) is 16.2. The summed E-state index contributed by atoms with van der Waals surface area (Å²) in [6.07, 6.45) is 3.49. The van der Waals surface area contributed by atoms with Crippen molar-refractivity contribution in [1.29, 1.82) is 0 Å². The van der Waals surface area contributed by atoms with Crippen LogP contribution in [0, 0.1) is 0 Å². The summed E-state index contributed by atoms with van der Waals surface area (Å²) in [5.74, 6) is 0.754. The van der Waals surface area contributed by atoms with E-state index in [-0.39, 0.29) is 11.9 Å². The lowest BCUT2D eigenvalue weighted by Crippen LogP contribution is -2.39. The van der Waals surface area contributed by atoms with Gasteiger partial charge < -0.3 is 24.6 Å². The quantitative estimate of drug-likeness (QED) is 0.254. The molecule has 2 aromatic carbocycles. The molecule has 0 aliphatic carbocycles. The number of fused-ring (bicyclic) bond motifs is 1. The van der Waals surface area contributed by atoms with Crippen molar-refractivity contribution in [3.8, 4) is 5.75 Å². The molecule has 2 atom stereocenters. The molecule has 12 heteroatoms. The molecule has 0 saturated carbocycles. The van der Waals surface area contributed by atoms with Crippen LogP contribution in [0.15, 0.2) is 79.8 Å². The first-order chi connectivity index (χ1) is 20.3. The monoisotopic (exact) mass is 587 g/mol. The van der Waals surface area contributed by atoms with Crippen molar-refractivity contribution in [3.63, 3.8) is 0 Å². The summed E-state index contributed by atoms with van der Waals surface area (Å²) in [4.78, 5) is 41.7. The molecule has 3 heterocycles. The zero-order chi connectivity index (χ0) is 29.6. The molecular weight excluding hydrogens is 558 g/mol. The number of halogens is 1. The first-order valence-electron chi connectivity index (χ1n) is 13.2. The summed E-state index contributed by atoms with van der Waals surface area (Å²) < 4.78 is 11.5. The van der Waals surface area contributed by atoms with E-state index in [2.05, 4.69) is 32.2 Å². The van der Waals surface area contributed by atoms with E-state index in [1.807, 2.05) is 43.3 Å². The molecule has 42 heavy (non-hydrogen) atoms. The molecule has 11 nitrogen and oxygen atoms in total. The highest BCUT2D eigenvalue weighted by molar-refractivity contribution is 6.32. The minimum atomic E-state index is -0.704. The number of hydrogen-bond acceptors (Lipinski definition) is 9. The number of nitrogens with one attached hydrogen (secondary N) is 2. The molecular formula is C30H30ClN7O4. The van der Waals surface area contributed by atoms with Crippen LogP contribution in [-0.2, 0) is 16.1 Å². The summed E-state index contributed by atoms with van der Waals surface area (Å²) >= 11 is 6.49. The number of hydrogen-bond donors (Lipinski definition) is 2. The zero-order valence-electron chi connectivity index (χ0n) is 23.2. The van der Waals surface area contributed by atoms with Crippen LogP contribution < -0.4 is 15.4 Å². The van der Waals surface area contributed by atoms with Crippen molar-refractivity contribution < 1.29 is 19.1 Å². The topological polar surface area (TPSA) is 122 Å². The highest BCUT2D eigenvalue weighted by atomic mass is 35.5. The molecule has 4 aromatic rings. The number of carbonyl (C=O) groups excluding carboxylic acids is 2. The van der Waals surface area contributed by atoms with E-state index in [0.29, 0.717) is 58.4 Å². The van der Waals surface area contributed by atoms with Gasteiger partial charge in [0.15, 0.2) is 6.23 Å². The van der Waals surface area contributed by atoms with Gasteiger partial charge in [-0.1, -0.05) is 24.2 Å². The van der Waals surface area contributed by atoms with Gasteiger partial charge in [-0.05, 0) is 68.7 Å². The van der Waals surface area contributed by atoms with E-state index >= 15 is 0 Å². The van der Waals surface area contributed by atoms with Crippen LogP contribution in [0.25, 0.3) is 10.9 Å². The fraction of sp³-hybridized carbons (Fsp3) is 0.233. The molecule has 1 fully saturated rings. The second kappa shape index (κ2) is 12.8. The number of amides is 2. The number of carbonyl (C=O) groups is 2. The fourth-order valence-electron chi connectivity index (χ4n) is 4.59. The summed E-state index contributed by atoms with van der Waals surface area (Å²) in [7, 11) is 3.85. The number of nitrogens with zero attached hydrogens (tertiary/aromatic N) is 5. The third kappa shape index (κ3) is 6.76. The number of aromatic nitrogens is 3. The predicted octanol–water partition coefficient (Wildman–Crippen LogP) is 5.22. The van der Waals surface area contributed by atoms with Gasteiger partial charge in [0, 0.05) is 42.0 Å². The highest BCUT2D eigenvalue weighted by Gasteiger charge is 2.37. The van der Waals surface area contributed by atoms with Crippen molar-refractivity contribution in [2.45, 2.75) is 25.3 Å². The van der Waals surface area contributed by atoms with E-state index in [4.69, 9.17) is 21.1 Å². The zero-order valence-corrected chi connectivity index (χ0v) is 23.9. The molecule has 0 bridgehead atoms. The van der Waals surface area contributed by atoms with Crippen LogP contribution in [0.4, 0.5) is 22.0 Å². The molecule has 2 N–H and O–H groups in total. The van der Waals surface area contributed by atoms with Crippen molar-refractivity contribution in [2.75, 3.05) is 31.3 Å². The van der Waals surface area contributed by atoms with Gasteiger partial charge in [-0.2, -0.15) is 0 Å². The SMILES string of the molecule is C=CC(=O)N1C[C@H](N(C)C)C[C@@H]1OC(=O)Nc1ccc2ncnc(Nc3ccc(OCc4ccccn4)c(Cl)c3)c2c1. The van der Waals surface area contributed by atoms with E-state index in [1.54, 1.807) is 36.5 Å². The minimum absolute atomic E-state index is 0.0631. The van der Waals surface area contributed by atoms with Gasteiger partial charge in [0.2, 0.25) is 5.91 Å². The largest absolute Gasteiger partial charge is 0.486 e. The van der Waals surface area contributed by atoms with Gasteiger partial charge in [-0.3, -0.25) is 15.1 Å². The molecule has 0 spiro atoms. The number of benzene rings is 2. The number of rotatable bonds is 9. The van der Waals surface area contributed by atoms with Gasteiger partial charge in [0.1, 0.15) is 24.5 Å². The van der Waals surface area contributed by atoms with Crippen LogP contribution in [-0.4, -0.2) is 69.7 Å². The van der Waals surface area contributed by atoms with Gasteiger partial charge in [-0.25, -0.2) is 14.8 Å². The van der Waals surface area contributed by atoms with Crippen LogP contribution >= 0.6 is 11.6 Å². The average Bonchev–Trinajstić information content (AvgIpc) is 3.41. The number of anilines is 3. The number of likely N-dealkylation sites (N-methyl/N-ethyl adjacent to an activating group) is 1. The molecule has 2 amide bonds. The van der Waals surface area contributed by atoms with Crippen LogP contribution in [0.3, 0.4) is 0 Å². The van der Waals surface area contributed by atoms with E-state index in [9.17, 15) is 9.59 Å². The van der Waals surface area contributed by atoms with Crippen LogP contribution in [0.1, 0.15) is 12.1 Å². The Morgan fingerprint density at radius 1 is 1.12 bits per heavy atom. The highest BCUT2D eigenvalue weighted by Crippen LogP contribution is 2.32. The lowest BCUT2D eigenvalue weighted by Gasteiger charge is -2.23. The Bertz CT molecular complexity index is 1600. The van der Waals surface area contributed by atoms with E-state index in [1.165, 1.54) is 17.3 Å². The average molecular weight is 588 g/mol. The number of pyridine rings is 1. The lowest BCUT2D eigenvalue weighted by atomic mass is 10.2. The van der Waals surface area contributed by atoms with Crippen molar-refractivity contribution in [1.82, 2.24) is 24.8 Å². The Morgan fingerprint density at radius 3 is 2.69 bits per heavy atom. The van der Waals surface area contributed by atoms with Crippen molar-refractivity contribution in [3.05, 3.63) is 90.5 Å². The molecule has 5 rings (SSSR count). The number of likely N-dealkylation sites (tertiary alicyclic amines) is 1. The Morgan fingerprint density at radius 2 is 1.95 bits per heavy atom. The van der Waals surface area contributed by atoms with Crippen LogP contribution in [0.2, 0.25) is 5.02 Å². The van der Waals surface area contributed by atoms with Crippen molar-refractivity contribution in [2.24, 2.45) is 0 Å². The molecule has 0 unspecified atom stereocenters. The maximum Gasteiger partial charge on any atom is 0.413 e. The Labute approximate surface area is 248 Å². The molecule has 216 valence electrons. The van der Waals surface area contributed by atoms with Crippen molar-refractivity contribution >= 4 is 51.7 Å². The maximum atomic E-state index is 12.8. The third-order valence-corrected chi connectivity index (χ3v) is 7.13. The van der Waals surface area contributed by atoms with E-state index in [0.717, 1.165) is 5.69 Å². The molecule has 1 aliphatic heterocycles. The second-order valence-corrected chi connectivity index (χ2v) is 10.3. The summed E-state index contributed by atoms with van der Waals surface area (Å²) in [6.45, 7) is 4.29. The third-order valence-electron chi connectivity index (χ3n) is 6.84. The molecule has 1 saturated heterocycles. The standard InChI is InChI=1S/C30H30ClN7O4/c1-4-27(39)38-16-22(37(2)3)15-28(38)42-30(40)36-19-8-10-25-23(13-19)29(34-18-33-25)35-20-9-11-26(24(31)14-20)41-17-21-7-5-6-12-32-21/h4-14,18,22,28H,1,15-17H2,2-3H3,(H,36,40)(H,33,34,35)/t22-,28+/m1/s1. The smallest absolute Gasteiger partial charge is 0.413 e. The Kier molecular flexibility index (Phi) is 8.80. The molecule has 0 radical (unpaired) electrons. The first-order valence-corrected chi connectivity index (χ1v) is 13.6. The summed E-state index contributed by atoms with van der Waals surface area (Å²) in [5.41, 5.74) is 2.62. The fourth-order valence-corrected chi connectivity index (χ4v) is 4.82. The van der Waals surface area contributed by atoms with Gasteiger partial charge in [0.25, 0.3) is 0 Å². The second-order valence-electron chi connectivity index (χ2n) is 9.87. The van der Waals surface area contributed by atoms with Gasteiger partial charge in [0.05, 0.1) is 16.2 Å². The van der Waals surface area contributed by atoms with Gasteiger partial charge in [-0.15, -0.1) is 0 Å². The lowest BCUT2D eigenvalue weighted by molar-refractivity contribution is -0.132. The van der Waals surface area contributed by atoms with Gasteiger partial charge >= 0.3 is 6.09 Å². The van der Waals surface area contributed by atoms with Crippen LogP contribution in [0.5, 0.6) is 5.75 Å². The Balaban J connectivity index is 1.27. The summed E-state index contributed by atoms with van der Waals surface area (Å²) in [5, 5.41) is 7.10. The molecule has 1 aliphatic rings. The maximum absolute atomic E-state index is 12.8. The number of ether oxygens (including phenoxy) is 2. The Hall–Kier alpha value is -4.74. The normalized spacial score (nSPS) is 16.3. The molecule has 2 aromatic heterocycles. The predicted molar refractivity (Wildman–Crippen MR) is 161 cm³/mol. The van der Waals surface area contributed by atoms with E-state index < -0.39 is 12.3 Å². The first kappa shape index (κ1) is 28.8.